The van der Waals surface area contributed by atoms with Gasteiger partial charge in [0.05, 0.1) is 0 Å². The summed E-state index contributed by atoms with van der Waals surface area (Å²) in [6.07, 6.45) is 0. The second-order valence-electron chi connectivity index (χ2n) is 3.49. The molecule has 0 aliphatic rings. The van der Waals surface area contributed by atoms with Gasteiger partial charge in [0.25, 0.3) is 0 Å². The maximum atomic E-state index is 11.0. The third kappa shape index (κ3) is 3.25. The van der Waals surface area contributed by atoms with Crippen molar-refractivity contribution < 1.29 is 9.90 Å². The Hall–Kier alpha value is -1.00. The predicted octanol–water partition coefficient (Wildman–Crippen LogP) is 1.84. The van der Waals surface area contributed by atoms with Crippen LogP contribution in [0.2, 0.25) is 0 Å². The highest BCUT2D eigenvalue weighted by Crippen LogP contribution is 2.22. The Balaban J connectivity index is 2.59. The number of carbonyl (C=O) groups is 1. The maximum Gasteiger partial charge on any atom is 0.324 e. The van der Waals surface area contributed by atoms with Crippen LogP contribution in [0.5, 0.6) is 0 Å². The first kappa shape index (κ1) is 12.1. The molecule has 1 atom stereocenters. The molecule has 2 N–H and O–H groups in total. The van der Waals surface area contributed by atoms with Gasteiger partial charge in [-0.15, -0.1) is 11.8 Å². The molecule has 82 valence electrons. The van der Waals surface area contributed by atoms with Crippen molar-refractivity contribution in [2.75, 3.05) is 12.8 Å². The number of nitrogens with one attached hydrogen (secondary N) is 1. The fourth-order valence-corrected chi connectivity index (χ4v) is 2.06. The van der Waals surface area contributed by atoms with E-state index in [0.29, 0.717) is 5.75 Å². The van der Waals surface area contributed by atoms with E-state index in [-0.39, 0.29) is 0 Å². The van der Waals surface area contributed by atoms with E-state index in [1.807, 2.05) is 30.3 Å². The summed E-state index contributed by atoms with van der Waals surface area (Å²) >= 11 is 1.54. The minimum Gasteiger partial charge on any atom is -0.480 e. The van der Waals surface area contributed by atoms with Gasteiger partial charge in [-0.05, 0) is 26.1 Å². The molecule has 0 bridgehead atoms. The fraction of sp³-hybridized carbons (Fsp3) is 0.364. The van der Waals surface area contributed by atoms with Crippen molar-refractivity contribution in [3.63, 3.8) is 0 Å². The molecule has 1 aromatic carbocycles. The van der Waals surface area contributed by atoms with Gasteiger partial charge in [-0.25, -0.2) is 0 Å². The van der Waals surface area contributed by atoms with E-state index in [1.54, 1.807) is 14.0 Å². The van der Waals surface area contributed by atoms with Crippen molar-refractivity contribution >= 4 is 17.7 Å². The van der Waals surface area contributed by atoms with E-state index < -0.39 is 11.5 Å². The summed E-state index contributed by atoms with van der Waals surface area (Å²) in [6.45, 7) is 1.69. The number of carboxylic acid groups (broad SMARTS) is 1. The van der Waals surface area contributed by atoms with Gasteiger partial charge in [0.1, 0.15) is 5.54 Å². The number of hydrogen-bond acceptors (Lipinski definition) is 3. The first-order chi connectivity index (χ1) is 7.08. The number of aliphatic carboxylic acids is 1. The zero-order chi connectivity index (χ0) is 11.3. The molecule has 1 unspecified atom stereocenters. The van der Waals surface area contributed by atoms with E-state index in [4.69, 9.17) is 5.11 Å². The van der Waals surface area contributed by atoms with Crippen LogP contribution >= 0.6 is 11.8 Å². The Morgan fingerprint density at radius 3 is 2.53 bits per heavy atom. The Morgan fingerprint density at radius 2 is 2.07 bits per heavy atom. The van der Waals surface area contributed by atoms with Crippen LogP contribution in [0.15, 0.2) is 35.2 Å². The molecule has 0 aromatic heterocycles. The van der Waals surface area contributed by atoms with Gasteiger partial charge in [0, 0.05) is 10.6 Å². The van der Waals surface area contributed by atoms with Crippen molar-refractivity contribution in [1.29, 1.82) is 0 Å². The Labute approximate surface area is 93.9 Å². The summed E-state index contributed by atoms with van der Waals surface area (Å²) in [5.41, 5.74) is -0.874. The molecule has 0 saturated carbocycles. The topological polar surface area (TPSA) is 49.3 Å². The normalized spacial score (nSPS) is 14.5. The minimum atomic E-state index is -0.874. The van der Waals surface area contributed by atoms with Gasteiger partial charge in [-0.1, -0.05) is 18.2 Å². The highest BCUT2D eigenvalue weighted by Gasteiger charge is 2.30. The largest absolute Gasteiger partial charge is 0.480 e. The number of hydrogen-bond donors (Lipinski definition) is 2. The van der Waals surface area contributed by atoms with Crippen LogP contribution in [0.4, 0.5) is 0 Å². The van der Waals surface area contributed by atoms with Gasteiger partial charge in [-0.3, -0.25) is 4.79 Å². The molecule has 0 radical (unpaired) electrons. The number of carboxylic acids is 1. The molecule has 0 aliphatic heterocycles. The molecule has 4 heteroatoms. The van der Waals surface area contributed by atoms with Crippen LogP contribution in [0.3, 0.4) is 0 Å². The second-order valence-corrected chi connectivity index (χ2v) is 4.54. The summed E-state index contributed by atoms with van der Waals surface area (Å²) in [7, 11) is 1.67. The lowest BCUT2D eigenvalue weighted by Crippen LogP contribution is -2.49. The molecule has 1 rings (SSSR count). The Bertz CT molecular complexity index is 329. The summed E-state index contributed by atoms with van der Waals surface area (Å²) in [6, 6.07) is 9.78. The van der Waals surface area contributed by atoms with E-state index in [0.717, 1.165) is 4.90 Å². The molecule has 15 heavy (non-hydrogen) atoms. The third-order valence-electron chi connectivity index (χ3n) is 2.29. The molecule has 0 aliphatic carbocycles. The second kappa shape index (κ2) is 5.19. The summed E-state index contributed by atoms with van der Waals surface area (Å²) in [5.74, 6) is -0.323. The van der Waals surface area contributed by atoms with Crippen molar-refractivity contribution in [2.45, 2.75) is 17.4 Å². The van der Waals surface area contributed by atoms with E-state index in [9.17, 15) is 4.79 Å². The standard InChI is InChI=1S/C11H15NO2S/c1-11(12-2,10(13)14)8-15-9-6-4-3-5-7-9/h3-7,12H,8H2,1-2H3,(H,13,14). The first-order valence-electron chi connectivity index (χ1n) is 4.68. The fourth-order valence-electron chi connectivity index (χ4n) is 0.985. The number of likely N-dealkylation sites (N-methyl/N-ethyl adjacent to an activating group) is 1. The average Bonchev–Trinajstić information content (AvgIpc) is 2.27. The van der Waals surface area contributed by atoms with Crippen molar-refractivity contribution in [3.05, 3.63) is 30.3 Å². The zero-order valence-electron chi connectivity index (χ0n) is 8.86. The van der Waals surface area contributed by atoms with Crippen LogP contribution in [0.1, 0.15) is 6.92 Å². The maximum absolute atomic E-state index is 11.0. The summed E-state index contributed by atoms with van der Waals surface area (Å²) in [5, 5.41) is 11.9. The van der Waals surface area contributed by atoms with Crippen LogP contribution < -0.4 is 5.32 Å². The smallest absolute Gasteiger partial charge is 0.324 e. The molecule has 0 heterocycles. The minimum absolute atomic E-state index is 0.503. The average molecular weight is 225 g/mol. The van der Waals surface area contributed by atoms with E-state index in [2.05, 4.69) is 5.32 Å². The molecule has 3 nitrogen and oxygen atoms in total. The SMILES string of the molecule is CNC(C)(CSc1ccccc1)C(=O)O. The molecule has 0 fully saturated rings. The van der Waals surface area contributed by atoms with Crippen molar-refractivity contribution in [3.8, 4) is 0 Å². The Kier molecular flexibility index (Phi) is 4.17. The third-order valence-corrected chi connectivity index (χ3v) is 3.62. The lowest BCUT2D eigenvalue weighted by molar-refractivity contribution is -0.142. The lowest BCUT2D eigenvalue weighted by atomic mass is 10.1. The monoisotopic (exact) mass is 225 g/mol. The van der Waals surface area contributed by atoms with Crippen molar-refractivity contribution in [2.24, 2.45) is 0 Å². The quantitative estimate of drug-likeness (QED) is 0.751. The summed E-state index contributed by atoms with van der Waals surface area (Å²) < 4.78 is 0. The highest BCUT2D eigenvalue weighted by atomic mass is 32.2. The Morgan fingerprint density at radius 1 is 1.47 bits per heavy atom. The molecular formula is C11H15NO2S. The van der Waals surface area contributed by atoms with Crippen LogP contribution in [-0.4, -0.2) is 29.4 Å². The highest BCUT2D eigenvalue weighted by molar-refractivity contribution is 7.99. The van der Waals surface area contributed by atoms with Crippen LogP contribution in [0, 0.1) is 0 Å². The van der Waals surface area contributed by atoms with Crippen LogP contribution in [0.25, 0.3) is 0 Å². The first-order valence-corrected chi connectivity index (χ1v) is 5.67. The van der Waals surface area contributed by atoms with E-state index >= 15 is 0 Å². The molecule has 1 aromatic rings. The lowest BCUT2D eigenvalue weighted by Gasteiger charge is -2.23. The zero-order valence-corrected chi connectivity index (χ0v) is 9.67. The van der Waals surface area contributed by atoms with Gasteiger partial charge in [-0.2, -0.15) is 0 Å². The number of benzene rings is 1. The molecular weight excluding hydrogens is 210 g/mol. The summed E-state index contributed by atoms with van der Waals surface area (Å²) in [4.78, 5) is 12.1. The van der Waals surface area contributed by atoms with Gasteiger partial charge in [0.2, 0.25) is 0 Å². The predicted molar refractivity (Wildman–Crippen MR) is 62.3 cm³/mol. The number of thioether (sulfide) groups is 1. The van der Waals surface area contributed by atoms with Crippen LogP contribution in [-0.2, 0) is 4.79 Å². The van der Waals surface area contributed by atoms with Gasteiger partial charge in [0.15, 0.2) is 0 Å². The molecule has 0 saturated heterocycles. The van der Waals surface area contributed by atoms with Gasteiger partial charge < -0.3 is 10.4 Å². The number of rotatable bonds is 5. The van der Waals surface area contributed by atoms with Gasteiger partial charge >= 0.3 is 5.97 Å². The molecule has 0 amide bonds. The molecule has 0 spiro atoms. The van der Waals surface area contributed by atoms with E-state index in [1.165, 1.54) is 11.8 Å². The van der Waals surface area contributed by atoms with Crippen molar-refractivity contribution in [1.82, 2.24) is 5.32 Å².